The Labute approximate surface area is 198 Å². The van der Waals surface area contributed by atoms with E-state index in [1.54, 1.807) is 18.3 Å². The van der Waals surface area contributed by atoms with E-state index in [0.717, 1.165) is 63.0 Å². The Hall–Kier alpha value is -3.75. The molecule has 0 saturated carbocycles. The quantitative estimate of drug-likeness (QED) is 0.397. The van der Waals surface area contributed by atoms with Gasteiger partial charge in [0.1, 0.15) is 18.2 Å². The van der Waals surface area contributed by atoms with E-state index >= 15 is 0 Å². The van der Waals surface area contributed by atoms with Crippen LogP contribution in [0.25, 0.3) is 0 Å². The molecule has 1 aromatic heterocycles. The van der Waals surface area contributed by atoms with Gasteiger partial charge in [0.15, 0.2) is 0 Å². The lowest BCUT2D eigenvalue weighted by atomic mass is 10.2. The van der Waals surface area contributed by atoms with Crippen LogP contribution in [0.2, 0.25) is 0 Å². The predicted octanol–water partition coefficient (Wildman–Crippen LogP) is 4.24. The van der Waals surface area contributed by atoms with Gasteiger partial charge >= 0.3 is 0 Å². The lowest BCUT2D eigenvalue weighted by Crippen LogP contribution is -2.25. The molecular weight excluding hydrogens is 433 g/mol. The van der Waals surface area contributed by atoms with Crippen LogP contribution in [-0.4, -0.2) is 47.3 Å². The highest BCUT2D eigenvalue weighted by atomic mass is 19.1. The molecule has 9 heteroatoms. The number of ether oxygens (including phenoxy) is 1. The SMILES string of the molecule is Fc1ccc(COc2ccccc2C=NNc2nc(N3CCCC3)nc(N3CCCC3)n2)cc1. The van der Waals surface area contributed by atoms with Gasteiger partial charge in [-0.1, -0.05) is 24.3 Å². The average molecular weight is 462 g/mol. The van der Waals surface area contributed by atoms with Gasteiger partial charge in [0.2, 0.25) is 17.8 Å². The molecule has 0 atom stereocenters. The lowest BCUT2D eigenvalue weighted by Gasteiger charge is -2.20. The summed E-state index contributed by atoms with van der Waals surface area (Å²) < 4.78 is 19.1. The molecule has 2 aliphatic rings. The van der Waals surface area contributed by atoms with Crippen molar-refractivity contribution in [2.75, 3.05) is 41.4 Å². The van der Waals surface area contributed by atoms with Gasteiger partial charge in [0.05, 0.1) is 6.21 Å². The van der Waals surface area contributed by atoms with Gasteiger partial charge in [-0.2, -0.15) is 20.1 Å². The standard InChI is InChI=1S/C25H28FN7O/c26-21-11-9-19(10-12-21)18-34-22-8-2-1-7-20(22)17-27-31-23-28-24(32-13-3-4-14-32)30-25(29-23)33-15-5-6-16-33/h1-2,7-12,17H,3-6,13-16,18H2,(H,28,29,30,31). The lowest BCUT2D eigenvalue weighted by molar-refractivity contribution is 0.305. The third-order valence-corrected chi connectivity index (χ3v) is 5.98. The van der Waals surface area contributed by atoms with E-state index in [1.807, 2.05) is 24.3 Å². The number of rotatable bonds is 8. The van der Waals surface area contributed by atoms with E-state index in [2.05, 4.69) is 30.3 Å². The van der Waals surface area contributed by atoms with Crippen LogP contribution in [0.15, 0.2) is 53.6 Å². The van der Waals surface area contributed by atoms with Crippen molar-refractivity contribution < 1.29 is 9.13 Å². The molecule has 2 aliphatic heterocycles. The number of para-hydroxylation sites is 1. The fourth-order valence-corrected chi connectivity index (χ4v) is 4.14. The maximum absolute atomic E-state index is 13.1. The molecule has 0 spiro atoms. The van der Waals surface area contributed by atoms with Crippen molar-refractivity contribution in [3.05, 3.63) is 65.5 Å². The summed E-state index contributed by atoms with van der Waals surface area (Å²) in [5, 5.41) is 4.38. The molecule has 0 amide bonds. The van der Waals surface area contributed by atoms with Gasteiger partial charge in [-0.25, -0.2) is 9.82 Å². The second-order valence-corrected chi connectivity index (χ2v) is 8.47. The maximum Gasteiger partial charge on any atom is 0.250 e. The normalized spacial score (nSPS) is 15.9. The highest BCUT2D eigenvalue weighted by Gasteiger charge is 2.21. The third-order valence-electron chi connectivity index (χ3n) is 5.98. The number of aromatic nitrogens is 3. The monoisotopic (exact) mass is 461 g/mol. The molecule has 0 aliphatic carbocycles. The third kappa shape index (κ3) is 5.41. The van der Waals surface area contributed by atoms with Crippen molar-refractivity contribution in [2.45, 2.75) is 32.3 Å². The van der Waals surface area contributed by atoms with Crippen LogP contribution in [0.4, 0.5) is 22.2 Å². The van der Waals surface area contributed by atoms with E-state index in [9.17, 15) is 4.39 Å². The van der Waals surface area contributed by atoms with Gasteiger partial charge < -0.3 is 14.5 Å². The average Bonchev–Trinajstić information content (AvgIpc) is 3.59. The Kier molecular flexibility index (Phi) is 6.78. The van der Waals surface area contributed by atoms with E-state index in [4.69, 9.17) is 9.72 Å². The molecular formula is C25H28FN7O. The minimum atomic E-state index is -0.263. The van der Waals surface area contributed by atoms with Crippen molar-refractivity contribution >= 4 is 24.1 Å². The summed E-state index contributed by atoms with van der Waals surface area (Å²) >= 11 is 0. The van der Waals surface area contributed by atoms with Crippen molar-refractivity contribution in [3.8, 4) is 5.75 Å². The zero-order valence-corrected chi connectivity index (χ0v) is 19.0. The van der Waals surface area contributed by atoms with Gasteiger partial charge in [-0.15, -0.1) is 0 Å². The summed E-state index contributed by atoms with van der Waals surface area (Å²) in [6.07, 6.45) is 6.30. The predicted molar refractivity (Wildman–Crippen MR) is 131 cm³/mol. The smallest absolute Gasteiger partial charge is 0.250 e. The van der Waals surface area contributed by atoms with Gasteiger partial charge in [0.25, 0.3) is 0 Å². The summed E-state index contributed by atoms with van der Waals surface area (Å²) in [4.78, 5) is 18.4. The van der Waals surface area contributed by atoms with Gasteiger partial charge in [0, 0.05) is 31.7 Å². The van der Waals surface area contributed by atoms with Crippen LogP contribution in [0.5, 0.6) is 5.75 Å². The van der Waals surface area contributed by atoms with Crippen LogP contribution in [-0.2, 0) is 6.61 Å². The Morgan fingerprint density at radius 3 is 2.12 bits per heavy atom. The van der Waals surface area contributed by atoms with Crippen LogP contribution < -0.4 is 20.0 Å². The number of halogens is 1. The van der Waals surface area contributed by atoms with E-state index in [0.29, 0.717) is 30.2 Å². The van der Waals surface area contributed by atoms with Gasteiger partial charge in [-0.05, 0) is 55.5 Å². The Bertz CT molecular complexity index is 1090. The number of anilines is 3. The van der Waals surface area contributed by atoms with Crippen molar-refractivity contribution in [3.63, 3.8) is 0 Å². The van der Waals surface area contributed by atoms with E-state index in [-0.39, 0.29) is 5.82 Å². The van der Waals surface area contributed by atoms with E-state index < -0.39 is 0 Å². The topological polar surface area (TPSA) is 78.8 Å². The fraction of sp³-hybridized carbons (Fsp3) is 0.360. The fourth-order valence-electron chi connectivity index (χ4n) is 4.14. The summed E-state index contributed by atoms with van der Waals surface area (Å²) in [5.41, 5.74) is 4.68. The zero-order valence-electron chi connectivity index (χ0n) is 19.0. The van der Waals surface area contributed by atoms with Crippen LogP contribution in [0, 0.1) is 5.82 Å². The Balaban J connectivity index is 1.30. The van der Waals surface area contributed by atoms with Crippen molar-refractivity contribution in [1.29, 1.82) is 0 Å². The molecule has 8 nitrogen and oxygen atoms in total. The van der Waals surface area contributed by atoms with Crippen molar-refractivity contribution in [1.82, 2.24) is 15.0 Å². The highest BCUT2D eigenvalue weighted by molar-refractivity contribution is 5.83. The van der Waals surface area contributed by atoms with Crippen LogP contribution in [0.3, 0.4) is 0 Å². The molecule has 0 bridgehead atoms. The molecule has 0 unspecified atom stereocenters. The van der Waals surface area contributed by atoms with Crippen molar-refractivity contribution in [2.24, 2.45) is 5.10 Å². The summed E-state index contributed by atoms with van der Waals surface area (Å²) in [5.74, 6) is 2.26. The first-order valence-electron chi connectivity index (χ1n) is 11.8. The number of nitrogens with zero attached hydrogens (tertiary/aromatic N) is 6. The first-order valence-corrected chi connectivity index (χ1v) is 11.8. The molecule has 1 N–H and O–H groups in total. The molecule has 0 radical (unpaired) electrons. The highest BCUT2D eigenvalue weighted by Crippen LogP contribution is 2.23. The Morgan fingerprint density at radius 2 is 1.47 bits per heavy atom. The summed E-state index contributed by atoms with van der Waals surface area (Å²) in [7, 11) is 0. The molecule has 3 aromatic rings. The molecule has 2 saturated heterocycles. The van der Waals surface area contributed by atoms with E-state index in [1.165, 1.54) is 12.1 Å². The minimum absolute atomic E-state index is 0.263. The summed E-state index contributed by atoms with van der Waals surface area (Å²) in [6, 6.07) is 13.9. The molecule has 2 fully saturated rings. The molecule has 176 valence electrons. The molecule has 5 rings (SSSR count). The second kappa shape index (κ2) is 10.5. The van der Waals surface area contributed by atoms with Gasteiger partial charge in [-0.3, -0.25) is 0 Å². The Morgan fingerprint density at radius 1 is 0.853 bits per heavy atom. The number of hydrogen-bond acceptors (Lipinski definition) is 8. The number of hydrazone groups is 1. The summed E-state index contributed by atoms with van der Waals surface area (Å²) in [6.45, 7) is 4.19. The molecule has 3 heterocycles. The second-order valence-electron chi connectivity index (χ2n) is 8.47. The minimum Gasteiger partial charge on any atom is -0.488 e. The zero-order chi connectivity index (χ0) is 23.2. The first-order chi connectivity index (χ1) is 16.7. The largest absolute Gasteiger partial charge is 0.488 e. The van der Waals surface area contributed by atoms with Crippen LogP contribution >= 0.6 is 0 Å². The number of benzene rings is 2. The molecule has 34 heavy (non-hydrogen) atoms. The number of hydrogen-bond donors (Lipinski definition) is 1. The number of nitrogens with one attached hydrogen (secondary N) is 1. The first kappa shape index (κ1) is 22.1. The van der Waals surface area contributed by atoms with Crippen LogP contribution in [0.1, 0.15) is 36.8 Å². The maximum atomic E-state index is 13.1. The molecule has 2 aromatic carbocycles.